The number of nitrogens with one attached hydrogen (secondary N) is 1. The summed E-state index contributed by atoms with van der Waals surface area (Å²) in [7, 11) is 0. The van der Waals surface area contributed by atoms with Crippen molar-refractivity contribution in [1.29, 1.82) is 0 Å². The van der Waals surface area contributed by atoms with Gasteiger partial charge in [0.1, 0.15) is 6.61 Å². The molecule has 8 nitrogen and oxygen atoms in total. The highest BCUT2D eigenvalue weighted by Crippen LogP contribution is 2.20. The maximum Gasteiger partial charge on any atom is 0.273 e. The van der Waals surface area contributed by atoms with Gasteiger partial charge in [-0.05, 0) is 11.1 Å². The van der Waals surface area contributed by atoms with Crippen LogP contribution >= 0.6 is 0 Å². The average Bonchev–Trinajstić information content (AvgIpc) is 3.22. The number of carbonyl (C=O) groups is 2. The zero-order chi connectivity index (χ0) is 20.8. The SMILES string of the molecule is O=C(NCc1ccccc1)c1cn(C2CN(C(=O)COCc3ccccc3)C2)nn1. The van der Waals surface area contributed by atoms with Crippen LogP contribution in [0.4, 0.5) is 0 Å². The maximum absolute atomic E-state index is 12.3. The number of carbonyl (C=O) groups excluding carboxylic acids is 2. The lowest BCUT2D eigenvalue weighted by molar-refractivity contribution is -0.142. The zero-order valence-corrected chi connectivity index (χ0v) is 16.5. The van der Waals surface area contributed by atoms with Crippen LogP contribution in [0.2, 0.25) is 0 Å². The normalized spacial score (nSPS) is 13.7. The van der Waals surface area contributed by atoms with Gasteiger partial charge in [0.05, 0.1) is 18.8 Å². The Morgan fingerprint density at radius 2 is 1.67 bits per heavy atom. The van der Waals surface area contributed by atoms with Gasteiger partial charge in [0.15, 0.2) is 5.69 Å². The molecule has 2 aromatic carbocycles. The number of nitrogens with zero attached hydrogens (tertiary/aromatic N) is 4. The third-order valence-electron chi connectivity index (χ3n) is 4.97. The van der Waals surface area contributed by atoms with Crippen molar-refractivity contribution in [3.05, 3.63) is 83.7 Å². The molecule has 154 valence electrons. The van der Waals surface area contributed by atoms with Gasteiger partial charge in [-0.25, -0.2) is 4.68 Å². The van der Waals surface area contributed by atoms with Gasteiger partial charge in [-0.3, -0.25) is 9.59 Å². The third kappa shape index (κ3) is 4.90. The second-order valence-corrected chi connectivity index (χ2v) is 7.18. The van der Waals surface area contributed by atoms with E-state index >= 15 is 0 Å². The summed E-state index contributed by atoms with van der Waals surface area (Å²) in [5.74, 6) is -0.324. The van der Waals surface area contributed by atoms with Gasteiger partial charge in [0.25, 0.3) is 5.91 Å². The Morgan fingerprint density at radius 3 is 2.37 bits per heavy atom. The van der Waals surface area contributed by atoms with Crippen molar-refractivity contribution in [2.24, 2.45) is 0 Å². The summed E-state index contributed by atoms with van der Waals surface area (Å²) in [4.78, 5) is 26.2. The highest BCUT2D eigenvalue weighted by Gasteiger charge is 2.33. The Bertz CT molecular complexity index is 984. The lowest BCUT2D eigenvalue weighted by Crippen LogP contribution is -2.52. The fourth-order valence-corrected chi connectivity index (χ4v) is 3.18. The fourth-order valence-electron chi connectivity index (χ4n) is 3.18. The Hall–Kier alpha value is -3.52. The molecule has 1 aromatic heterocycles. The fraction of sp³-hybridized carbons (Fsp3) is 0.273. The van der Waals surface area contributed by atoms with Gasteiger partial charge in [-0.1, -0.05) is 65.9 Å². The monoisotopic (exact) mass is 405 g/mol. The summed E-state index contributed by atoms with van der Waals surface area (Å²) in [5, 5.41) is 10.8. The molecule has 1 saturated heterocycles. The number of benzene rings is 2. The lowest BCUT2D eigenvalue weighted by atomic mass is 10.1. The molecule has 30 heavy (non-hydrogen) atoms. The second-order valence-electron chi connectivity index (χ2n) is 7.18. The van der Waals surface area contributed by atoms with Crippen LogP contribution in [0.1, 0.15) is 27.7 Å². The molecule has 1 N–H and O–H groups in total. The van der Waals surface area contributed by atoms with Crippen LogP contribution in [-0.4, -0.2) is 51.4 Å². The maximum atomic E-state index is 12.3. The highest BCUT2D eigenvalue weighted by molar-refractivity contribution is 5.91. The summed E-state index contributed by atoms with van der Waals surface area (Å²) in [6.45, 7) is 1.95. The van der Waals surface area contributed by atoms with Crippen LogP contribution < -0.4 is 5.32 Å². The van der Waals surface area contributed by atoms with E-state index in [9.17, 15) is 9.59 Å². The van der Waals surface area contributed by atoms with E-state index in [1.165, 1.54) is 0 Å². The molecule has 1 aliphatic heterocycles. The molecule has 0 radical (unpaired) electrons. The van der Waals surface area contributed by atoms with E-state index in [0.29, 0.717) is 26.2 Å². The summed E-state index contributed by atoms with van der Waals surface area (Å²) in [6, 6.07) is 19.4. The first kappa shape index (κ1) is 19.8. The number of ether oxygens (including phenoxy) is 1. The van der Waals surface area contributed by atoms with Crippen molar-refractivity contribution in [1.82, 2.24) is 25.2 Å². The molecule has 2 heterocycles. The lowest BCUT2D eigenvalue weighted by Gasteiger charge is -2.38. The van der Waals surface area contributed by atoms with Crippen molar-refractivity contribution in [3.8, 4) is 0 Å². The summed E-state index contributed by atoms with van der Waals surface area (Å²) >= 11 is 0. The Morgan fingerprint density at radius 1 is 1.00 bits per heavy atom. The molecular weight excluding hydrogens is 382 g/mol. The number of likely N-dealkylation sites (tertiary alicyclic amines) is 1. The Kier molecular flexibility index (Phi) is 6.14. The minimum absolute atomic E-state index is 0.0197. The first-order chi connectivity index (χ1) is 14.7. The molecular formula is C22H23N5O3. The molecule has 2 amide bonds. The largest absolute Gasteiger partial charge is 0.367 e. The smallest absolute Gasteiger partial charge is 0.273 e. The van der Waals surface area contributed by atoms with Crippen LogP contribution in [-0.2, 0) is 22.7 Å². The minimum atomic E-state index is -0.272. The summed E-state index contributed by atoms with van der Waals surface area (Å²) in [5.41, 5.74) is 2.32. The molecule has 1 aliphatic rings. The molecule has 0 aliphatic carbocycles. The van der Waals surface area contributed by atoms with Crippen molar-refractivity contribution in [3.63, 3.8) is 0 Å². The number of rotatable bonds is 8. The molecule has 8 heteroatoms. The van der Waals surface area contributed by atoms with Gasteiger partial charge in [-0.2, -0.15) is 0 Å². The van der Waals surface area contributed by atoms with Gasteiger partial charge in [0.2, 0.25) is 5.91 Å². The van der Waals surface area contributed by atoms with E-state index in [-0.39, 0.29) is 30.2 Å². The van der Waals surface area contributed by atoms with Gasteiger partial charge < -0.3 is 15.0 Å². The number of aromatic nitrogens is 3. The van der Waals surface area contributed by atoms with Crippen LogP contribution in [0.15, 0.2) is 66.9 Å². The predicted octanol–water partition coefficient (Wildman–Crippen LogP) is 1.81. The minimum Gasteiger partial charge on any atom is -0.367 e. The molecule has 3 aromatic rings. The van der Waals surface area contributed by atoms with Crippen LogP contribution in [0.25, 0.3) is 0 Å². The molecule has 0 atom stereocenters. The van der Waals surface area contributed by atoms with Crippen LogP contribution in [0, 0.1) is 0 Å². The number of hydrogen-bond donors (Lipinski definition) is 1. The zero-order valence-electron chi connectivity index (χ0n) is 16.5. The van der Waals surface area contributed by atoms with Crippen molar-refractivity contribution in [2.45, 2.75) is 19.2 Å². The molecule has 0 saturated carbocycles. The Balaban J connectivity index is 1.20. The van der Waals surface area contributed by atoms with Gasteiger partial charge in [-0.15, -0.1) is 5.10 Å². The Labute approximate surface area is 174 Å². The molecule has 1 fully saturated rings. The topological polar surface area (TPSA) is 89.4 Å². The van der Waals surface area contributed by atoms with E-state index in [4.69, 9.17) is 4.74 Å². The van der Waals surface area contributed by atoms with E-state index < -0.39 is 0 Å². The van der Waals surface area contributed by atoms with Crippen molar-refractivity contribution >= 4 is 11.8 Å². The van der Waals surface area contributed by atoms with Crippen LogP contribution in [0.3, 0.4) is 0 Å². The predicted molar refractivity (Wildman–Crippen MR) is 109 cm³/mol. The van der Waals surface area contributed by atoms with E-state index in [0.717, 1.165) is 11.1 Å². The van der Waals surface area contributed by atoms with E-state index in [1.54, 1.807) is 15.8 Å². The molecule has 0 bridgehead atoms. The highest BCUT2D eigenvalue weighted by atomic mass is 16.5. The van der Waals surface area contributed by atoms with E-state index in [2.05, 4.69) is 15.6 Å². The number of hydrogen-bond acceptors (Lipinski definition) is 5. The quantitative estimate of drug-likeness (QED) is 0.617. The van der Waals surface area contributed by atoms with Gasteiger partial charge >= 0.3 is 0 Å². The summed E-state index contributed by atoms with van der Waals surface area (Å²) < 4.78 is 7.14. The average molecular weight is 405 g/mol. The van der Waals surface area contributed by atoms with Gasteiger partial charge in [0, 0.05) is 19.6 Å². The van der Waals surface area contributed by atoms with Crippen molar-refractivity contribution < 1.29 is 14.3 Å². The first-order valence-corrected chi connectivity index (χ1v) is 9.82. The second kappa shape index (κ2) is 9.32. The third-order valence-corrected chi connectivity index (χ3v) is 4.97. The van der Waals surface area contributed by atoms with Crippen molar-refractivity contribution in [2.75, 3.05) is 19.7 Å². The van der Waals surface area contributed by atoms with Crippen LogP contribution in [0.5, 0.6) is 0 Å². The first-order valence-electron chi connectivity index (χ1n) is 9.82. The molecule has 4 rings (SSSR count). The molecule has 0 spiro atoms. The number of amides is 2. The standard InChI is InChI=1S/C22H23N5O3/c28-21(16-30-15-18-9-5-2-6-10-18)26-12-19(13-26)27-14-20(24-25-27)22(29)23-11-17-7-3-1-4-8-17/h1-10,14,19H,11-13,15-16H2,(H,23,29). The summed E-state index contributed by atoms with van der Waals surface area (Å²) in [6.07, 6.45) is 1.62. The molecule has 0 unspecified atom stereocenters. The van der Waals surface area contributed by atoms with E-state index in [1.807, 2.05) is 60.7 Å².